The molecule has 10 nitrogen and oxygen atoms in total. The number of rotatable bonds is 7. The molecule has 2 aromatic carbocycles. The zero-order valence-electron chi connectivity index (χ0n) is 22.6. The predicted molar refractivity (Wildman–Crippen MR) is 145 cm³/mol. The van der Waals surface area contributed by atoms with Crippen LogP contribution in [0.15, 0.2) is 48.7 Å². The third-order valence-electron chi connectivity index (χ3n) is 6.87. The Balaban J connectivity index is 1.68. The molecule has 1 aromatic heterocycles. The molecule has 0 N–H and O–H groups in total. The van der Waals surface area contributed by atoms with Crippen molar-refractivity contribution in [3.63, 3.8) is 0 Å². The molecule has 3 aromatic rings. The van der Waals surface area contributed by atoms with E-state index in [0.717, 1.165) is 18.7 Å². The molecule has 1 atom stereocenters. The van der Waals surface area contributed by atoms with Crippen LogP contribution in [0.5, 0.6) is 0 Å². The Hall–Kier alpha value is -3.61. The Morgan fingerprint density at radius 3 is 2.26 bits per heavy atom. The van der Waals surface area contributed by atoms with Crippen LogP contribution in [0, 0.1) is 5.82 Å². The number of likely N-dealkylation sites (N-methyl/N-ethyl adjacent to an activating group) is 1. The number of Topliss-reactive ketones (excluding diaryl/α,β-unsaturated/α-hetero) is 1. The first-order chi connectivity index (χ1) is 18.3. The van der Waals surface area contributed by atoms with Crippen molar-refractivity contribution in [2.45, 2.75) is 19.5 Å². The molecule has 4 rings (SSSR count). The second kappa shape index (κ2) is 10.9. The number of nitrogens with zero attached hydrogens (tertiary/aromatic N) is 5. The summed E-state index contributed by atoms with van der Waals surface area (Å²) >= 11 is 0. The lowest BCUT2D eigenvalue weighted by atomic mass is 10.0. The molecule has 0 radical (unpaired) electrons. The number of hydrogen-bond donors (Lipinski definition) is 0. The first-order valence-corrected chi connectivity index (χ1v) is 13.8. The Kier molecular flexibility index (Phi) is 7.92. The van der Waals surface area contributed by atoms with Gasteiger partial charge in [-0.3, -0.25) is 19.3 Å². The molecule has 0 spiro atoms. The summed E-state index contributed by atoms with van der Waals surface area (Å²) < 4.78 is 41.5. The third kappa shape index (κ3) is 5.58. The summed E-state index contributed by atoms with van der Waals surface area (Å²) in [7, 11) is 1.72. The van der Waals surface area contributed by atoms with Gasteiger partial charge in [-0.15, -0.1) is 0 Å². The molecular weight excluding hydrogens is 525 g/mol. The number of halogens is 1. The highest BCUT2D eigenvalue weighted by Gasteiger charge is 2.32. The molecule has 208 valence electrons. The summed E-state index contributed by atoms with van der Waals surface area (Å²) in [5, 5.41) is 0.267. The van der Waals surface area contributed by atoms with E-state index in [9.17, 15) is 27.2 Å². The van der Waals surface area contributed by atoms with Crippen molar-refractivity contribution in [2.75, 3.05) is 47.8 Å². The minimum Gasteiger partial charge on any atom is -0.342 e. The monoisotopic (exact) mass is 557 g/mol. The number of piperazine rings is 1. The van der Waals surface area contributed by atoms with Crippen LogP contribution in [0.1, 0.15) is 33.2 Å². The topological polar surface area (TPSA) is 103 Å². The molecule has 0 unspecified atom stereocenters. The van der Waals surface area contributed by atoms with Crippen molar-refractivity contribution in [2.24, 2.45) is 0 Å². The number of ketones is 1. The van der Waals surface area contributed by atoms with E-state index in [4.69, 9.17) is 0 Å². The summed E-state index contributed by atoms with van der Waals surface area (Å²) in [5.41, 5.74) is 1.38. The molecule has 0 bridgehead atoms. The number of hydrogen-bond acceptors (Lipinski definition) is 6. The van der Waals surface area contributed by atoms with Crippen molar-refractivity contribution in [3.8, 4) is 0 Å². The molecule has 1 fully saturated rings. The third-order valence-corrected chi connectivity index (χ3v) is 8.59. The Labute approximate surface area is 227 Å². The Morgan fingerprint density at radius 2 is 1.67 bits per heavy atom. The van der Waals surface area contributed by atoms with E-state index in [2.05, 4.69) is 4.90 Å². The maximum absolute atomic E-state index is 13.8. The number of benzene rings is 2. The van der Waals surface area contributed by atoms with Gasteiger partial charge in [-0.2, -0.15) is 12.7 Å². The van der Waals surface area contributed by atoms with E-state index in [-0.39, 0.29) is 39.8 Å². The fraction of sp³-hybridized carbons (Fsp3) is 0.370. The minimum atomic E-state index is -3.99. The lowest BCUT2D eigenvalue weighted by Gasteiger charge is -2.40. The van der Waals surface area contributed by atoms with Crippen LogP contribution in [0.2, 0.25) is 0 Å². The van der Waals surface area contributed by atoms with Crippen molar-refractivity contribution >= 4 is 38.7 Å². The van der Waals surface area contributed by atoms with Gasteiger partial charge < -0.3 is 9.80 Å². The number of aromatic nitrogens is 1. The highest BCUT2D eigenvalue weighted by Crippen LogP contribution is 2.28. The quantitative estimate of drug-likeness (QED) is 0.326. The molecule has 0 saturated carbocycles. The van der Waals surface area contributed by atoms with Gasteiger partial charge in [0.2, 0.25) is 5.78 Å². The first kappa shape index (κ1) is 28.4. The van der Waals surface area contributed by atoms with Gasteiger partial charge in [-0.1, -0.05) is 12.1 Å². The summed E-state index contributed by atoms with van der Waals surface area (Å²) in [5.74, 6) is -2.15. The van der Waals surface area contributed by atoms with Crippen LogP contribution in [0.25, 0.3) is 10.9 Å². The zero-order valence-corrected chi connectivity index (χ0v) is 23.4. The average molecular weight is 558 g/mol. The number of carbonyl (C=O) groups is 3. The fourth-order valence-electron chi connectivity index (χ4n) is 4.69. The standard InChI is InChI=1S/C27H32FN5O5S/c1-18-15-31(16-19-6-9-21(28)10-7-19)12-13-32(18)26(35)23-17-33(39(37,38)30(4)5)24-11-8-20(14-22(23)24)25(34)27(36)29(2)3/h6-11,14,17-18H,12-13,15-16H2,1-5H3/t18-/m1/s1. The fourth-order valence-corrected chi connectivity index (χ4v) is 5.68. The summed E-state index contributed by atoms with van der Waals surface area (Å²) in [4.78, 5) is 43.9. The van der Waals surface area contributed by atoms with Crippen molar-refractivity contribution in [1.29, 1.82) is 0 Å². The van der Waals surface area contributed by atoms with Gasteiger partial charge in [-0.25, -0.2) is 8.36 Å². The van der Waals surface area contributed by atoms with Gasteiger partial charge in [0.05, 0.1) is 11.1 Å². The van der Waals surface area contributed by atoms with Gasteiger partial charge in [0, 0.05) is 77.6 Å². The largest absolute Gasteiger partial charge is 0.342 e. The maximum Gasteiger partial charge on any atom is 0.307 e. The molecular formula is C27H32FN5O5S. The van der Waals surface area contributed by atoms with Gasteiger partial charge in [0.1, 0.15) is 5.82 Å². The number of amides is 2. The van der Waals surface area contributed by atoms with E-state index in [0.29, 0.717) is 26.2 Å². The molecule has 1 saturated heterocycles. The van der Waals surface area contributed by atoms with Crippen molar-refractivity contribution < 1.29 is 27.2 Å². The van der Waals surface area contributed by atoms with Crippen LogP contribution < -0.4 is 0 Å². The lowest BCUT2D eigenvalue weighted by molar-refractivity contribution is -0.124. The van der Waals surface area contributed by atoms with Crippen LogP contribution in [0.3, 0.4) is 0 Å². The summed E-state index contributed by atoms with van der Waals surface area (Å²) in [6.45, 7) is 4.06. The van der Waals surface area contributed by atoms with Gasteiger partial charge in [-0.05, 0) is 42.8 Å². The molecule has 2 amide bonds. The first-order valence-electron chi connectivity index (χ1n) is 12.4. The van der Waals surface area contributed by atoms with E-state index >= 15 is 0 Å². The Morgan fingerprint density at radius 1 is 1.00 bits per heavy atom. The second-order valence-corrected chi connectivity index (χ2v) is 12.1. The van der Waals surface area contributed by atoms with E-state index < -0.39 is 21.9 Å². The van der Waals surface area contributed by atoms with Gasteiger partial charge in [0.15, 0.2) is 0 Å². The summed E-state index contributed by atoms with van der Waals surface area (Å²) in [6, 6.07) is 10.3. The highest BCUT2D eigenvalue weighted by atomic mass is 32.2. The molecule has 12 heteroatoms. The minimum absolute atomic E-state index is 0.0624. The lowest BCUT2D eigenvalue weighted by Crippen LogP contribution is -2.53. The maximum atomic E-state index is 13.8. The molecule has 0 aliphatic carbocycles. The van der Waals surface area contributed by atoms with E-state index in [1.54, 1.807) is 17.0 Å². The normalized spacial score (nSPS) is 16.6. The smallest absolute Gasteiger partial charge is 0.307 e. The SMILES string of the molecule is C[C@@H]1CN(Cc2ccc(F)cc2)CCN1C(=O)c1cn(S(=O)(=O)N(C)C)c2ccc(C(=O)C(=O)N(C)C)cc12. The molecule has 1 aliphatic rings. The average Bonchev–Trinajstić information content (AvgIpc) is 3.28. The molecule has 39 heavy (non-hydrogen) atoms. The van der Waals surface area contributed by atoms with Crippen molar-refractivity contribution in [1.82, 2.24) is 23.0 Å². The number of carbonyl (C=O) groups excluding carboxylic acids is 3. The second-order valence-electron chi connectivity index (χ2n) is 10.1. The van der Waals surface area contributed by atoms with Gasteiger partial charge in [0.25, 0.3) is 11.8 Å². The van der Waals surface area contributed by atoms with Crippen LogP contribution in [-0.4, -0.2) is 103 Å². The summed E-state index contributed by atoms with van der Waals surface area (Å²) in [6.07, 6.45) is 1.28. The number of fused-ring (bicyclic) bond motifs is 1. The van der Waals surface area contributed by atoms with Crippen LogP contribution >= 0.6 is 0 Å². The van der Waals surface area contributed by atoms with Crippen LogP contribution in [0.4, 0.5) is 4.39 Å². The zero-order chi connectivity index (χ0) is 28.6. The van der Waals surface area contributed by atoms with E-state index in [1.165, 1.54) is 64.7 Å². The van der Waals surface area contributed by atoms with Crippen molar-refractivity contribution in [3.05, 3.63) is 71.2 Å². The van der Waals surface area contributed by atoms with Crippen LogP contribution in [-0.2, 0) is 21.5 Å². The predicted octanol–water partition coefficient (Wildman–Crippen LogP) is 2.05. The molecule has 1 aliphatic heterocycles. The van der Waals surface area contributed by atoms with E-state index in [1.807, 2.05) is 6.92 Å². The Bertz CT molecular complexity index is 1530. The van der Waals surface area contributed by atoms with Gasteiger partial charge >= 0.3 is 10.2 Å². The highest BCUT2D eigenvalue weighted by molar-refractivity contribution is 7.87. The molecule has 2 heterocycles.